The Morgan fingerprint density at radius 1 is 1.25 bits per heavy atom. The van der Waals surface area contributed by atoms with Gasteiger partial charge in [-0.1, -0.05) is 22.9 Å². The van der Waals surface area contributed by atoms with Gasteiger partial charge in [0.2, 0.25) is 0 Å². The van der Waals surface area contributed by atoms with Crippen LogP contribution in [0.25, 0.3) is 21.1 Å². The molecule has 0 radical (unpaired) electrons. The van der Waals surface area contributed by atoms with Gasteiger partial charge < -0.3 is 20.9 Å². The third-order valence-electron chi connectivity index (χ3n) is 5.47. The second-order valence-corrected chi connectivity index (χ2v) is 8.97. The molecule has 0 saturated heterocycles. The summed E-state index contributed by atoms with van der Waals surface area (Å²) in [5.74, 6) is 0. The molecule has 5 rings (SSSR count). The van der Waals surface area contributed by atoms with Crippen LogP contribution in [-0.4, -0.2) is 29.6 Å². The Morgan fingerprint density at radius 3 is 2.81 bits per heavy atom. The van der Waals surface area contributed by atoms with Crippen LogP contribution in [0, 0.1) is 0 Å². The highest BCUT2D eigenvalue weighted by atomic mass is 35.5. The third-order valence-corrected chi connectivity index (χ3v) is 6.77. The lowest BCUT2D eigenvalue weighted by atomic mass is 10.0. The lowest BCUT2D eigenvalue weighted by molar-refractivity contribution is -0.136. The van der Waals surface area contributed by atoms with Crippen molar-refractivity contribution in [2.75, 3.05) is 29.9 Å². The zero-order chi connectivity index (χ0) is 21.8. The van der Waals surface area contributed by atoms with E-state index < -0.39 is 11.7 Å². The molecule has 4 N–H and O–H groups in total. The molecule has 5 nitrogen and oxygen atoms in total. The van der Waals surface area contributed by atoms with Crippen LogP contribution in [0.3, 0.4) is 0 Å². The molecule has 3 heterocycles. The number of aromatic nitrogens is 2. The molecule has 4 aromatic rings. The van der Waals surface area contributed by atoms with E-state index in [1.165, 1.54) is 16.9 Å². The fraction of sp³-hybridized carbons (Fsp3) is 0.286. The van der Waals surface area contributed by atoms with Crippen molar-refractivity contribution < 1.29 is 13.2 Å². The molecule has 0 fully saturated rings. The molecule has 1 aliphatic rings. The average molecular weight is 502 g/mol. The Morgan fingerprint density at radius 2 is 2.06 bits per heavy atom. The van der Waals surface area contributed by atoms with E-state index in [2.05, 4.69) is 15.3 Å². The van der Waals surface area contributed by atoms with Crippen molar-refractivity contribution >= 4 is 67.3 Å². The van der Waals surface area contributed by atoms with Gasteiger partial charge >= 0.3 is 6.18 Å². The maximum absolute atomic E-state index is 13.7. The molecule has 0 aliphatic carbocycles. The first-order valence-corrected chi connectivity index (χ1v) is 11.0. The summed E-state index contributed by atoms with van der Waals surface area (Å²) < 4.78 is 41.6. The topological polar surface area (TPSA) is 70.0 Å². The minimum absolute atomic E-state index is 0. The minimum Gasteiger partial charge on any atom is -0.384 e. The SMILES string of the molecule is Cl.NCCNc1cc(C(F)(F)F)c2nc(N3CCc4c([nH]c5ccc(Cl)cc45)C3)sc2c1. The van der Waals surface area contributed by atoms with Gasteiger partial charge in [0, 0.05) is 46.9 Å². The van der Waals surface area contributed by atoms with Crippen molar-refractivity contribution in [1.82, 2.24) is 9.97 Å². The Kier molecular flexibility index (Phi) is 6.19. The van der Waals surface area contributed by atoms with Gasteiger partial charge in [0.1, 0.15) is 0 Å². The molecule has 0 bridgehead atoms. The van der Waals surface area contributed by atoms with E-state index in [-0.39, 0.29) is 17.9 Å². The zero-order valence-corrected chi connectivity index (χ0v) is 19.1. The molecule has 0 unspecified atom stereocenters. The van der Waals surface area contributed by atoms with Crippen LogP contribution in [0.15, 0.2) is 30.3 Å². The number of rotatable bonds is 4. The minimum atomic E-state index is -4.49. The van der Waals surface area contributed by atoms with Gasteiger partial charge in [0.25, 0.3) is 0 Å². The lowest BCUT2D eigenvalue weighted by Gasteiger charge is -2.26. The van der Waals surface area contributed by atoms with Crippen LogP contribution in [0.1, 0.15) is 16.8 Å². The molecular formula is C21H20Cl2F3N5S. The number of anilines is 2. The standard InChI is InChI=1S/C21H19ClF3N5S.ClH/c22-11-1-2-16-14(7-11)13-3-6-30(10-17(13)28-16)20-29-19-15(21(23,24)25)8-12(27-5-4-26)9-18(19)31-20;/h1-2,7-9,27-28H,3-6,10,26H2;1H. The van der Waals surface area contributed by atoms with Crippen molar-refractivity contribution in [1.29, 1.82) is 0 Å². The monoisotopic (exact) mass is 501 g/mol. The summed E-state index contributed by atoms with van der Waals surface area (Å²) >= 11 is 7.42. The van der Waals surface area contributed by atoms with E-state index >= 15 is 0 Å². The number of nitrogens with two attached hydrogens (primary N) is 1. The van der Waals surface area contributed by atoms with Crippen LogP contribution in [0.4, 0.5) is 24.0 Å². The van der Waals surface area contributed by atoms with Crippen LogP contribution in [-0.2, 0) is 19.1 Å². The first-order valence-electron chi connectivity index (χ1n) is 9.83. The number of hydrogen-bond acceptors (Lipinski definition) is 5. The number of fused-ring (bicyclic) bond motifs is 4. The van der Waals surface area contributed by atoms with E-state index in [1.54, 1.807) is 6.07 Å². The molecule has 0 saturated carbocycles. The van der Waals surface area contributed by atoms with Crippen LogP contribution < -0.4 is 16.0 Å². The summed E-state index contributed by atoms with van der Waals surface area (Å²) in [6.07, 6.45) is -3.73. The summed E-state index contributed by atoms with van der Waals surface area (Å²) in [5, 5.41) is 5.31. The number of nitrogens with zero attached hydrogens (tertiary/aromatic N) is 2. The molecule has 0 atom stereocenters. The van der Waals surface area contributed by atoms with E-state index in [0.29, 0.717) is 46.7 Å². The number of thiazole rings is 1. The van der Waals surface area contributed by atoms with Gasteiger partial charge in [0.05, 0.1) is 22.3 Å². The van der Waals surface area contributed by atoms with Crippen molar-refractivity contribution in [2.45, 2.75) is 19.1 Å². The van der Waals surface area contributed by atoms with Gasteiger partial charge in [-0.2, -0.15) is 13.2 Å². The molecule has 0 spiro atoms. The summed E-state index contributed by atoms with van der Waals surface area (Å²) in [4.78, 5) is 9.85. The predicted octanol–water partition coefficient (Wildman–Crippen LogP) is 5.80. The number of H-pyrrole nitrogens is 1. The maximum atomic E-state index is 13.7. The van der Waals surface area contributed by atoms with E-state index in [1.807, 2.05) is 23.1 Å². The van der Waals surface area contributed by atoms with Gasteiger partial charge in [-0.05, 0) is 42.3 Å². The number of benzene rings is 2. The summed E-state index contributed by atoms with van der Waals surface area (Å²) in [7, 11) is 0. The second-order valence-electron chi connectivity index (χ2n) is 7.52. The van der Waals surface area contributed by atoms with Gasteiger partial charge in [-0.3, -0.25) is 0 Å². The smallest absolute Gasteiger partial charge is 0.384 e. The maximum Gasteiger partial charge on any atom is 0.418 e. The predicted molar refractivity (Wildman–Crippen MR) is 127 cm³/mol. The third kappa shape index (κ3) is 4.10. The highest BCUT2D eigenvalue weighted by Gasteiger charge is 2.35. The number of halogens is 5. The summed E-state index contributed by atoms with van der Waals surface area (Å²) in [6.45, 7) is 1.96. The number of hydrogen-bond donors (Lipinski definition) is 3. The van der Waals surface area contributed by atoms with Gasteiger partial charge in [-0.25, -0.2) is 4.98 Å². The number of aromatic amines is 1. The van der Waals surface area contributed by atoms with Crippen molar-refractivity contribution in [3.05, 3.63) is 52.2 Å². The first kappa shape index (κ1) is 23.0. The number of alkyl halides is 3. The fourth-order valence-corrected chi connectivity index (χ4v) is 5.29. The Balaban J connectivity index is 0.00000245. The van der Waals surface area contributed by atoms with Gasteiger partial charge in [-0.15, -0.1) is 12.4 Å². The molecule has 32 heavy (non-hydrogen) atoms. The Hall–Kier alpha value is -2.20. The van der Waals surface area contributed by atoms with Crippen LogP contribution in [0.5, 0.6) is 0 Å². The first-order chi connectivity index (χ1) is 14.8. The molecule has 1 aliphatic heterocycles. The van der Waals surface area contributed by atoms with E-state index in [4.69, 9.17) is 17.3 Å². The molecule has 170 valence electrons. The van der Waals surface area contributed by atoms with E-state index in [0.717, 1.165) is 29.1 Å². The highest BCUT2D eigenvalue weighted by molar-refractivity contribution is 7.22. The quantitative estimate of drug-likeness (QED) is 0.330. The van der Waals surface area contributed by atoms with Gasteiger partial charge in [0.15, 0.2) is 5.13 Å². The lowest BCUT2D eigenvalue weighted by Crippen LogP contribution is -2.30. The highest BCUT2D eigenvalue weighted by Crippen LogP contribution is 2.41. The molecule has 2 aromatic carbocycles. The molecule has 0 amide bonds. The summed E-state index contributed by atoms with van der Waals surface area (Å²) in [5.41, 5.74) is 8.39. The zero-order valence-electron chi connectivity index (χ0n) is 16.7. The normalized spacial score (nSPS) is 14.0. The van der Waals surface area contributed by atoms with Crippen molar-refractivity contribution in [3.63, 3.8) is 0 Å². The average Bonchev–Trinajstić information content (AvgIpc) is 3.31. The van der Waals surface area contributed by atoms with Crippen LogP contribution in [0.2, 0.25) is 5.02 Å². The second kappa shape index (κ2) is 8.62. The Labute approximate surface area is 197 Å². The fourth-order valence-electron chi connectivity index (χ4n) is 4.06. The molecular weight excluding hydrogens is 482 g/mol. The van der Waals surface area contributed by atoms with E-state index in [9.17, 15) is 13.2 Å². The largest absolute Gasteiger partial charge is 0.418 e. The van der Waals surface area contributed by atoms with Crippen molar-refractivity contribution in [2.24, 2.45) is 5.73 Å². The summed E-state index contributed by atoms with van der Waals surface area (Å²) in [6, 6.07) is 8.56. The van der Waals surface area contributed by atoms with Crippen molar-refractivity contribution in [3.8, 4) is 0 Å². The Bertz CT molecular complexity index is 1280. The molecule has 2 aromatic heterocycles. The number of nitrogens with one attached hydrogen (secondary N) is 2. The van der Waals surface area contributed by atoms with Crippen LogP contribution >= 0.6 is 35.3 Å². The molecule has 11 heteroatoms.